The van der Waals surface area contributed by atoms with Gasteiger partial charge in [0.25, 0.3) is 5.56 Å². The number of anilines is 2. The maximum Gasteiger partial charge on any atom is 0.258 e. The molecule has 5 aromatic rings. The Morgan fingerprint density at radius 1 is 1.07 bits per heavy atom. The van der Waals surface area contributed by atoms with Crippen molar-refractivity contribution in [2.75, 3.05) is 30.7 Å². The zero-order valence-corrected chi connectivity index (χ0v) is 24.5. The summed E-state index contributed by atoms with van der Waals surface area (Å²) in [6, 6.07) is 17.7. The molecule has 6 rings (SSSR count). The van der Waals surface area contributed by atoms with Crippen LogP contribution in [0.1, 0.15) is 16.8 Å². The number of imidazole rings is 1. The first kappa shape index (κ1) is 27.7. The van der Waals surface area contributed by atoms with E-state index in [1.54, 1.807) is 21.6 Å². The number of pyridine rings is 1. The number of halogens is 1. The quantitative estimate of drug-likeness (QED) is 0.212. The van der Waals surface area contributed by atoms with Gasteiger partial charge in [0.15, 0.2) is 0 Å². The maximum atomic E-state index is 13.9. The van der Waals surface area contributed by atoms with Gasteiger partial charge in [0, 0.05) is 55.2 Å². The molecule has 0 spiro atoms. The van der Waals surface area contributed by atoms with Crippen LogP contribution >= 0.6 is 7.14 Å². The van der Waals surface area contributed by atoms with Crippen molar-refractivity contribution < 1.29 is 13.8 Å². The van der Waals surface area contributed by atoms with Crippen molar-refractivity contribution in [3.8, 4) is 0 Å². The van der Waals surface area contributed by atoms with Gasteiger partial charge in [-0.25, -0.2) is 9.37 Å². The molecular weight excluding hydrogens is 552 g/mol. The third-order valence-electron chi connectivity index (χ3n) is 8.16. The molecule has 10 heteroatoms. The molecule has 0 saturated carbocycles. The molecule has 1 saturated heterocycles. The number of carbonyl (C=O) groups excluding carboxylic acids is 1. The average molecular weight is 584 g/mol. The van der Waals surface area contributed by atoms with Gasteiger partial charge in [0.05, 0.1) is 16.4 Å². The van der Waals surface area contributed by atoms with Gasteiger partial charge in [-0.1, -0.05) is 42.5 Å². The number of hydrogen-bond acceptors (Lipinski definition) is 5. The lowest BCUT2D eigenvalue weighted by Gasteiger charge is -2.31. The SMILES string of the molecule is Cc1ccc(F)cc1Nc1nc2ccc3c(C)c(/C=C/C(=O)N4CCP(=O)(c5ccccc5)CC4)[nH]c(=O)c3c2n1C. The van der Waals surface area contributed by atoms with Crippen molar-refractivity contribution in [2.45, 2.75) is 13.8 Å². The molecule has 2 aromatic heterocycles. The summed E-state index contributed by atoms with van der Waals surface area (Å²) in [4.78, 5) is 35.7. The minimum atomic E-state index is -2.50. The number of carbonyl (C=O) groups is 1. The van der Waals surface area contributed by atoms with E-state index in [2.05, 4.69) is 15.3 Å². The van der Waals surface area contributed by atoms with Gasteiger partial charge < -0.3 is 24.3 Å². The molecule has 0 bridgehead atoms. The largest absolute Gasteiger partial charge is 0.338 e. The Morgan fingerprint density at radius 2 is 1.81 bits per heavy atom. The van der Waals surface area contributed by atoms with Crippen LogP contribution in [0.2, 0.25) is 0 Å². The van der Waals surface area contributed by atoms with Gasteiger partial charge in [-0.2, -0.15) is 0 Å². The van der Waals surface area contributed by atoms with Crippen LogP contribution in [0.15, 0.2) is 71.5 Å². The molecule has 214 valence electrons. The average Bonchev–Trinajstić information content (AvgIpc) is 3.31. The molecule has 2 N–H and O–H groups in total. The van der Waals surface area contributed by atoms with Crippen LogP contribution < -0.4 is 16.2 Å². The highest BCUT2D eigenvalue weighted by Gasteiger charge is 2.31. The van der Waals surface area contributed by atoms with Crippen molar-refractivity contribution >= 4 is 57.9 Å². The third kappa shape index (κ3) is 4.94. The van der Waals surface area contributed by atoms with Gasteiger partial charge in [-0.3, -0.25) is 9.59 Å². The second-order valence-corrected chi connectivity index (χ2v) is 13.9. The monoisotopic (exact) mass is 583 g/mol. The van der Waals surface area contributed by atoms with Crippen LogP contribution in [0.3, 0.4) is 0 Å². The first-order valence-electron chi connectivity index (χ1n) is 13.8. The highest BCUT2D eigenvalue weighted by atomic mass is 31.2. The Bertz CT molecular complexity index is 1990. The van der Waals surface area contributed by atoms with E-state index in [0.29, 0.717) is 59.2 Å². The number of hydrogen-bond donors (Lipinski definition) is 2. The molecule has 3 aromatic carbocycles. The Morgan fingerprint density at radius 3 is 2.55 bits per heavy atom. The van der Waals surface area contributed by atoms with E-state index in [0.717, 1.165) is 21.8 Å². The normalized spacial score (nSPS) is 15.1. The summed E-state index contributed by atoms with van der Waals surface area (Å²) in [7, 11) is -0.695. The molecule has 0 atom stereocenters. The first-order chi connectivity index (χ1) is 20.1. The zero-order valence-electron chi connectivity index (χ0n) is 23.6. The fraction of sp³-hybridized carbons (Fsp3) is 0.219. The van der Waals surface area contributed by atoms with Gasteiger partial charge in [-0.15, -0.1) is 0 Å². The molecular formula is C32H31FN5O3P. The number of H-pyrrole nitrogens is 1. The van der Waals surface area contributed by atoms with Crippen molar-refractivity contribution in [1.82, 2.24) is 19.4 Å². The standard InChI is InChI=1S/C32H31FN5O3P/c1-20-9-10-22(33)19-27(20)36-32-35-26-12-11-24-21(2)25(34-31(40)29(24)30(26)37(32)3)13-14-28(39)38-15-17-42(41,18-16-38)23-7-5-4-6-8-23/h4-14,19H,15-18H2,1-3H3,(H,34,40)(H,35,36)/b14-13+. The number of nitrogens with one attached hydrogen (secondary N) is 2. The molecule has 0 radical (unpaired) electrons. The number of nitrogens with zero attached hydrogens (tertiary/aromatic N) is 3. The van der Waals surface area contributed by atoms with Gasteiger partial charge in [0.2, 0.25) is 11.9 Å². The minimum absolute atomic E-state index is 0.180. The molecule has 0 unspecified atom stereocenters. The van der Waals surface area contributed by atoms with Crippen LogP contribution in [-0.4, -0.2) is 50.8 Å². The molecule has 0 aliphatic carbocycles. The second-order valence-electron chi connectivity index (χ2n) is 10.8. The fourth-order valence-electron chi connectivity index (χ4n) is 5.63. The van der Waals surface area contributed by atoms with E-state index in [9.17, 15) is 18.5 Å². The second kappa shape index (κ2) is 10.7. The lowest BCUT2D eigenvalue weighted by molar-refractivity contribution is -0.125. The topological polar surface area (TPSA) is 100 Å². The number of rotatable bonds is 5. The van der Waals surface area contributed by atoms with E-state index in [-0.39, 0.29) is 17.3 Å². The summed E-state index contributed by atoms with van der Waals surface area (Å²) in [6.45, 7) is 4.62. The predicted molar refractivity (Wildman–Crippen MR) is 167 cm³/mol. The van der Waals surface area contributed by atoms with E-state index < -0.39 is 7.14 Å². The number of fused-ring (bicyclic) bond motifs is 3. The predicted octanol–water partition coefficient (Wildman–Crippen LogP) is 5.46. The Balaban J connectivity index is 1.26. The summed E-state index contributed by atoms with van der Waals surface area (Å²) in [6.07, 6.45) is 4.02. The number of aromatic nitrogens is 3. The lowest BCUT2D eigenvalue weighted by atomic mass is 10.0. The zero-order chi connectivity index (χ0) is 29.6. The van der Waals surface area contributed by atoms with E-state index >= 15 is 0 Å². The Labute approximate surface area is 242 Å². The number of benzene rings is 3. The summed E-state index contributed by atoms with van der Waals surface area (Å²) < 4.78 is 29.1. The highest BCUT2D eigenvalue weighted by molar-refractivity contribution is 7.71. The Kier molecular flexibility index (Phi) is 7.07. The summed E-state index contributed by atoms with van der Waals surface area (Å²) in [5, 5.41) is 5.29. The van der Waals surface area contributed by atoms with Crippen LogP contribution in [0.4, 0.5) is 16.0 Å². The van der Waals surface area contributed by atoms with Gasteiger partial charge >= 0.3 is 0 Å². The molecule has 8 nitrogen and oxygen atoms in total. The number of amides is 1. The lowest BCUT2D eigenvalue weighted by Crippen LogP contribution is -2.40. The number of aryl methyl sites for hydroxylation is 3. The minimum Gasteiger partial charge on any atom is -0.338 e. The molecule has 3 heterocycles. The van der Waals surface area contributed by atoms with Gasteiger partial charge in [0.1, 0.15) is 13.0 Å². The summed E-state index contributed by atoms with van der Waals surface area (Å²) >= 11 is 0. The molecule has 1 aliphatic heterocycles. The first-order valence-corrected chi connectivity index (χ1v) is 15.9. The molecule has 1 amide bonds. The summed E-state index contributed by atoms with van der Waals surface area (Å²) in [5.41, 5.74) is 3.80. The Hall–Kier alpha value is -4.49. The summed E-state index contributed by atoms with van der Waals surface area (Å²) in [5.74, 6) is -0.0535. The van der Waals surface area contributed by atoms with Crippen LogP contribution in [0.5, 0.6) is 0 Å². The van der Waals surface area contributed by atoms with Crippen LogP contribution in [0.25, 0.3) is 27.9 Å². The van der Waals surface area contributed by atoms with Crippen LogP contribution in [0, 0.1) is 19.7 Å². The van der Waals surface area contributed by atoms with E-state index in [1.807, 2.05) is 63.4 Å². The van der Waals surface area contributed by atoms with Crippen molar-refractivity contribution in [2.24, 2.45) is 7.05 Å². The fourth-order valence-corrected chi connectivity index (χ4v) is 8.21. The molecule has 42 heavy (non-hydrogen) atoms. The van der Waals surface area contributed by atoms with E-state index in [4.69, 9.17) is 0 Å². The molecule has 1 fully saturated rings. The smallest absolute Gasteiger partial charge is 0.258 e. The van der Waals surface area contributed by atoms with Gasteiger partial charge in [-0.05, 0) is 54.6 Å². The third-order valence-corrected chi connectivity index (χ3v) is 11.2. The van der Waals surface area contributed by atoms with Crippen molar-refractivity contribution in [3.05, 3.63) is 99.7 Å². The van der Waals surface area contributed by atoms with Crippen molar-refractivity contribution in [3.63, 3.8) is 0 Å². The van der Waals surface area contributed by atoms with E-state index in [1.165, 1.54) is 18.2 Å². The van der Waals surface area contributed by atoms with Crippen LogP contribution in [-0.2, 0) is 16.4 Å². The molecule has 1 aliphatic rings. The van der Waals surface area contributed by atoms with Crippen molar-refractivity contribution in [1.29, 1.82) is 0 Å². The maximum absolute atomic E-state index is 13.9. The number of aromatic amines is 1. The highest BCUT2D eigenvalue weighted by Crippen LogP contribution is 2.46.